The largest absolute Gasteiger partial charge is 0.457 e. The van der Waals surface area contributed by atoms with Crippen LogP contribution in [-0.4, -0.2) is 18.3 Å². The Kier molecular flexibility index (Phi) is 4.04. The predicted molar refractivity (Wildman–Crippen MR) is 93.2 cm³/mol. The summed E-state index contributed by atoms with van der Waals surface area (Å²) in [6.45, 7) is 8.43. The van der Waals surface area contributed by atoms with Crippen LogP contribution in [0.25, 0.3) is 10.8 Å². The topological polar surface area (TPSA) is 18.5 Å². The van der Waals surface area contributed by atoms with E-state index in [9.17, 15) is 0 Å². The maximum absolute atomic E-state index is 6.05. The molecule has 3 rings (SSSR count). The number of hydrogen-bond donors (Lipinski definition) is 0. The predicted octanol–water partition coefficient (Wildman–Crippen LogP) is 4.86. The maximum atomic E-state index is 6.05. The van der Waals surface area contributed by atoms with Gasteiger partial charge in [0.05, 0.1) is 11.2 Å². The summed E-state index contributed by atoms with van der Waals surface area (Å²) in [5, 5.41) is 2.62. The molecule has 0 N–H and O–H groups in total. The first-order chi connectivity index (χ1) is 10.4. The van der Waals surface area contributed by atoms with Crippen LogP contribution in [0.15, 0.2) is 42.5 Å². The monoisotopic (exact) mass is 296 g/mol. The summed E-state index contributed by atoms with van der Waals surface area (Å²) in [6, 6.07) is 15.2. The lowest BCUT2D eigenvalue weighted by molar-refractivity contribution is 0.00578. The highest BCUT2D eigenvalue weighted by Gasteiger charge is 2.50. The van der Waals surface area contributed by atoms with Gasteiger partial charge in [0.25, 0.3) is 0 Å². The highest BCUT2D eigenvalue weighted by Crippen LogP contribution is 2.38. The number of rotatable bonds is 4. The average Bonchev–Trinajstić information content (AvgIpc) is 2.66. The van der Waals surface area contributed by atoms with E-state index >= 15 is 0 Å². The molecule has 3 heteroatoms. The minimum Gasteiger partial charge on any atom is -0.403 e. The van der Waals surface area contributed by atoms with Crippen molar-refractivity contribution in [1.29, 1.82) is 0 Å². The Morgan fingerprint density at radius 2 is 1.50 bits per heavy atom. The summed E-state index contributed by atoms with van der Waals surface area (Å²) >= 11 is 0. The van der Waals surface area contributed by atoms with Crippen molar-refractivity contribution in [2.75, 3.05) is 0 Å². The average molecular weight is 296 g/mol. The van der Waals surface area contributed by atoms with Gasteiger partial charge in [0.15, 0.2) is 0 Å². The molecule has 0 unspecified atom stereocenters. The lowest BCUT2D eigenvalue weighted by atomic mass is 9.82. The van der Waals surface area contributed by atoms with Crippen molar-refractivity contribution in [3.8, 4) is 0 Å². The number of aryl methyl sites for hydroxylation is 1. The first kappa shape index (κ1) is 15.6. The van der Waals surface area contributed by atoms with Crippen molar-refractivity contribution in [2.45, 2.75) is 58.1 Å². The normalized spacial score (nSPS) is 19.7. The Morgan fingerprint density at radius 1 is 0.864 bits per heavy atom. The maximum Gasteiger partial charge on any atom is 0.457 e. The van der Waals surface area contributed by atoms with E-state index in [0.29, 0.717) is 0 Å². The van der Waals surface area contributed by atoms with Crippen LogP contribution in [0.1, 0.15) is 39.7 Å². The molecule has 1 aliphatic heterocycles. The van der Waals surface area contributed by atoms with Crippen molar-refractivity contribution in [3.05, 3.63) is 48.0 Å². The highest BCUT2D eigenvalue weighted by atomic mass is 16.7. The summed E-state index contributed by atoms with van der Waals surface area (Å²) < 4.78 is 12.1. The molecule has 2 aromatic carbocycles. The molecular formula is C19H25BO2. The van der Waals surface area contributed by atoms with E-state index < -0.39 is 0 Å². The molecule has 2 nitrogen and oxygen atoms in total. The fourth-order valence-corrected chi connectivity index (χ4v) is 2.95. The van der Waals surface area contributed by atoms with Gasteiger partial charge in [-0.05, 0) is 56.8 Å². The summed E-state index contributed by atoms with van der Waals surface area (Å²) in [6.07, 6.45) is 3.09. The van der Waals surface area contributed by atoms with Gasteiger partial charge < -0.3 is 9.31 Å². The molecular weight excluding hydrogens is 271 g/mol. The van der Waals surface area contributed by atoms with E-state index in [1.807, 2.05) is 0 Å². The zero-order valence-electron chi connectivity index (χ0n) is 14.1. The zero-order valence-corrected chi connectivity index (χ0v) is 14.1. The summed E-state index contributed by atoms with van der Waals surface area (Å²) in [7, 11) is -0.0783. The molecule has 1 saturated heterocycles. The van der Waals surface area contributed by atoms with E-state index in [2.05, 4.69) is 70.2 Å². The highest BCUT2D eigenvalue weighted by molar-refractivity contribution is 6.45. The summed E-state index contributed by atoms with van der Waals surface area (Å²) in [4.78, 5) is 0. The Balaban J connectivity index is 1.57. The fourth-order valence-electron chi connectivity index (χ4n) is 2.95. The molecule has 1 fully saturated rings. The lowest BCUT2D eigenvalue weighted by Gasteiger charge is -2.32. The molecule has 1 aliphatic rings. The summed E-state index contributed by atoms with van der Waals surface area (Å²) in [5.41, 5.74) is 0.941. The molecule has 0 saturated carbocycles. The van der Waals surface area contributed by atoms with Gasteiger partial charge in [0.1, 0.15) is 0 Å². The van der Waals surface area contributed by atoms with E-state index in [0.717, 1.165) is 19.2 Å². The van der Waals surface area contributed by atoms with Gasteiger partial charge in [0, 0.05) is 0 Å². The Morgan fingerprint density at radius 3 is 2.18 bits per heavy atom. The molecule has 0 aliphatic carbocycles. The molecule has 22 heavy (non-hydrogen) atoms. The second kappa shape index (κ2) is 5.71. The fraction of sp³-hybridized carbons (Fsp3) is 0.474. The molecule has 0 bridgehead atoms. The standard InChI is InChI=1S/C19H25BO2/c1-18(2)19(3,4)22-20(21-18)13-7-8-15-11-12-16-9-5-6-10-17(16)14-15/h5-6,9-12,14H,7-8,13H2,1-4H3. The van der Waals surface area contributed by atoms with Crippen LogP contribution in [0.2, 0.25) is 6.32 Å². The van der Waals surface area contributed by atoms with Gasteiger partial charge in [-0.1, -0.05) is 48.9 Å². The minimum absolute atomic E-state index is 0.0783. The SMILES string of the molecule is CC1(C)OB(CCCc2ccc3ccccc3c2)OC1(C)C. The second-order valence-electron chi connectivity index (χ2n) is 7.26. The van der Waals surface area contributed by atoms with Gasteiger partial charge in [-0.3, -0.25) is 0 Å². The first-order valence-electron chi connectivity index (χ1n) is 8.21. The molecule has 0 spiro atoms. The Labute approximate surface area is 134 Å². The molecule has 0 aromatic heterocycles. The molecule has 0 radical (unpaired) electrons. The molecule has 116 valence electrons. The van der Waals surface area contributed by atoms with E-state index in [1.54, 1.807) is 0 Å². The third kappa shape index (κ3) is 3.06. The van der Waals surface area contributed by atoms with Gasteiger partial charge in [-0.2, -0.15) is 0 Å². The first-order valence-corrected chi connectivity index (χ1v) is 8.21. The molecule has 0 amide bonds. The number of benzene rings is 2. The van der Waals surface area contributed by atoms with Crippen molar-refractivity contribution in [2.24, 2.45) is 0 Å². The van der Waals surface area contributed by atoms with Crippen LogP contribution in [0.5, 0.6) is 0 Å². The lowest BCUT2D eigenvalue weighted by Crippen LogP contribution is -2.41. The smallest absolute Gasteiger partial charge is 0.403 e. The van der Waals surface area contributed by atoms with Crippen LogP contribution < -0.4 is 0 Å². The number of fused-ring (bicyclic) bond motifs is 1. The molecule has 2 aromatic rings. The van der Waals surface area contributed by atoms with Crippen LogP contribution in [0.4, 0.5) is 0 Å². The Bertz CT molecular complexity index is 647. The van der Waals surface area contributed by atoms with Crippen molar-refractivity contribution in [3.63, 3.8) is 0 Å². The van der Waals surface area contributed by atoms with Gasteiger partial charge in [-0.25, -0.2) is 0 Å². The van der Waals surface area contributed by atoms with E-state index in [4.69, 9.17) is 9.31 Å². The molecule has 0 atom stereocenters. The van der Waals surface area contributed by atoms with Crippen LogP contribution >= 0.6 is 0 Å². The third-order valence-electron chi connectivity index (χ3n) is 5.02. The van der Waals surface area contributed by atoms with Crippen LogP contribution in [0.3, 0.4) is 0 Å². The van der Waals surface area contributed by atoms with Crippen molar-refractivity contribution < 1.29 is 9.31 Å². The van der Waals surface area contributed by atoms with Crippen molar-refractivity contribution in [1.82, 2.24) is 0 Å². The van der Waals surface area contributed by atoms with Crippen LogP contribution in [0, 0.1) is 0 Å². The van der Waals surface area contributed by atoms with Gasteiger partial charge in [-0.15, -0.1) is 0 Å². The zero-order chi connectivity index (χ0) is 15.8. The summed E-state index contributed by atoms with van der Waals surface area (Å²) in [5.74, 6) is 0. The van der Waals surface area contributed by atoms with E-state index in [-0.39, 0.29) is 18.3 Å². The number of hydrogen-bond acceptors (Lipinski definition) is 2. The van der Waals surface area contributed by atoms with Gasteiger partial charge >= 0.3 is 7.12 Å². The van der Waals surface area contributed by atoms with Crippen molar-refractivity contribution >= 4 is 17.9 Å². The third-order valence-corrected chi connectivity index (χ3v) is 5.02. The molecule has 1 heterocycles. The quantitative estimate of drug-likeness (QED) is 0.750. The van der Waals surface area contributed by atoms with Crippen LogP contribution in [-0.2, 0) is 15.7 Å². The second-order valence-corrected chi connectivity index (χ2v) is 7.26. The Hall–Kier alpha value is -1.32. The van der Waals surface area contributed by atoms with Gasteiger partial charge in [0.2, 0.25) is 0 Å². The minimum atomic E-state index is -0.222. The van der Waals surface area contributed by atoms with E-state index in [1.165, 1.54) is 16.3 Å².